The van der Waals surface area contributed by atoms with E-state index in [1.807, 2.05) is 6.92 Å². The first-order chi connectivity index (χ1) is 16.2. The third kappa shape index (κ3) is 6.71. The van der Waals surface area contributed by atoms with E-state index >= 15 is 0 Å². The van der Waals surface area contributed by atoms with E-state index in [4.69, 9.17) is 9.47 Å². The normalized spacial score (nSPS) is 16.5. The Labute approximate surface area is 200 Å². The van der Waals surface area contributed by atoms with Gasteiger partial charge in [-0.3, -0.25) is 13.9 Å². The molecule has 2 aromatic rings. The van der Waals surface area contributed by atoms with Crippen molar-refractivity contribution in [2.24, 2.45) is 0 Å². The Morgan fingerprint density at radius 1 is 1.18 bits per heavy atom. The van der Waals surface area contributed by atoms with Crippen LogP contribution in [-0.4, -0.2) is 58.9 Å². The van der Waals surface area contributed by atoms with Crippen molar-refractivity contribution in [1.82, 2.24) is 5.32 Å². The molecule has 184 valence electrons. The number of nitrogens with one attached hydrogen (secondary N) is 2. The minimum atomic E-state index is -3.38. The van der Waals surface area contributed by atoms with E-state index in [2.05, 4.69) is 10.6 Å². The van der Waals surface area contributed by atoms with Gasteiger partial charge in [-0.2, -0.15) is 0 Å². The number of ether oxygens (including phenoxy) is 2. The minimum absolute atomic E-state index is 0.0205. The van der Waals surface area contributed by atoms with Gasteiger partial charge in [0.2, 0.25) is 10.0 Å². The lowest BCUT2D eigenvalue weighted by Gasteiger charge is -2.20. The lowest BCUT2D eigenvalue weighted by molar-refractivity contribution is -0.122. The number of benzene rings is 2. The second-order valence-corrected chi connectivity index (χ2v) is 10.1. The van der Waals surface area contributed by atoms with Crippen molar-refractivity contribution < 1.29 is 27.5 Å². The molecule has 3 rings (SSSR count). The summed E-state index contributed by atoms with van der Waals surface area (Å²) in [7, 11) is -1.92. The monoisotopic (exact) mass is 489 g/mol. The number of carbonyl (C=O) groups is 2. The first kappa shape index (κ1) is 25.5. The smallest absolute Gasteiger partial charge is 0.265 e. The van der Waals surface area contributed by atoms with Gasteiger partial charge in [-0.05, 0) is 55.7 Å². The molecule has 0 aromatic heterocycles. The van der Waals surface area contributed by atoms with Crippen molar-refractivity contribution in [2.45, 2.75) is 38.4 Å². The SMILES string of the molecule is CC[C@H](Oc1ccc(N(C)S(C)(=O)=O)cc1)C(=O)Nc1ccccc1C(=O)NC[C@H]1CCCO1. The van der Waals surface area contributed by atoms with Crippen LogP contribution in [0.25, 0.3) is 0 Å². The molecule has 0 unspecified atom stereocenters. The summed E-state index contributed by atoms with van der Waals surface area (Å²) >= 11 is 0. The number of para-hydroxylation sites is 1. The zero-order chi connectivity index (χ0) is 24.7. The number of sulfonamides is 1. The highest BCUT2D eigenvalue weighted by Crippen LogP contribution is 2.22. The zero-order valence-electron chi connectivity index (χ0n) is 19.6. The molecule has 1 saturated heterocycles. The standard InChI is InChI=1S/C24H31N3O6S/c1-4-22(33-18-13-11-17(12-14-18)27(2)34(3,30)31)24(29)26-21-10-6-5-9-20(21)23(28)25-16-19-8-7-15-32-19/h5-6,9-14,19,22H,4,7-8,15-16H2,1-3H3,(H,25,28)(H,26,29)/t19-,22+/m1/s1. The number of rotatable bonds is 10. The highest BCUT2D eigenvalue weighted by Gasteiger charge is 2.22. The zero-order valence-corrected chi connectivity index (χ0v) is 20.4. The van der Waals surface area contributed by atoms with Gasteiger partial charge in [0.15, 0.2) is 6.10 Å². The van der Waals surface area contributed by atoms with Crippen molar-refractivity contribution in [2.75, 3.05) is 36.1 Å². The van der Waals surface area contributed by atoms with E-state index in [-0.39, 0.29) is 17.9 Å². The van der Waals surface area contributed by atoms with Crippen LogP contribution in [0.5, 0.6) is 5.75 Å². The van der Waals surface area contributed by atoms with Gasteiger partial charge in [0.25, 0.3) is 11.8 Å². The summed E-state index contributed by atoms with van der Waals surface area (Å²) in [6, 6.07) is 13.2. The Bertz CT molecular complexity index is 1100. The van der Waals surface area contributed by atoms with E-state index in [0.29, 0.717) is 42.3 Å². The Morgan fingerprint density at radius 3 is 2.50 bits per heavy atom. The number of anilines is 2. The molecule has 0 aliphatic carbocycles. The molecule has 2 amide bonds. The van der Waals surface area contributed by atoms with E-state index in [1.165, 1.54) is 7.05 Å². The van der Waals surface area contributed by atoms with Crippen LogP contribution in [0.4, 0.5) is 11.4 Å². The van der Waals surface area contributed by atoms with Crippen LogP contribution in [-0.2, 0) is 19.6 Å². The number of amides is 2. The van der Waals surface area contributed by atoms with Gasteiger partial charge >= 0.3 is 0 Å². The Kier molecular flexibility index (Phi) is 8.51. The average molecular weight is 490 g/mol. The van der Waals surface area contributed by atoms with E-state index in [0.717, 1.165) is 23.4 Å². The summed E-state index contributed by atoms with van der Waals surface area (Å²) in [5, 5.41) is 5.67. The molecule has 1 fully saturated rings. The summed E-state index contributed by atoms with van der Waals surface area (Å²) in [6.07, 6.45) is 2.64. The predicted octanol–water partition coefficient (Wildman–Crippen LogP) is 2.79. The van der Waals surface area contributed by atoms with Gasteiger partial charge in [0.05, 0.1) is 29.3 Å². The quantitative estimate of drug-likeness (QED) is 0.531. The van der Waals surface area contributed by atoms with Crippen molar-refractivity contribution in [3.05, 3.63) is 54.1 Å². The lowest BCUT2D eigenvalue weighted by Crippen LogP contribution is -2.35. The van der Waals surface area contributed by atoms with Gasteiger partial charge in [0, 0.05) is 20.2 Å². The Balaban J connectivity index is 1.64. The molecule has 0 radical (unpaired) electrons. The highest BCUT2D eigenvalue weighted by atomic mass is 32.2. The maximum Gasteiger partial charge on any atom is 0.265 e. The number of nitrogens with zero attached hydrogens (tertiary/aromatic N) is 1. The molecular weight excluding hydrogens is 458 g/mol. The van der Waals surface area contributed by atoms with Crippen LogP contribution in [0.1, 0.15) is 36.5 Å². The first-order valence-electron chi connectivity index (χ1n) is 11.2. The van der Waals surface area contributed by atoms with Crippen molar-refractivity contribution in [3.63, 3.8) is 0 Å². The fourth-order valence-electron chi connectivity index (χ4n) is 3.52. The fraction of sp³-hybridized carbons (Fsp3) is 0.417. The lowest BCUT2D eigenvalue weighted by atomic mass is 10.1. The molecule has 1 aliphatic heterocycles. The van der Waals surface area contributed by atoms with Gasteiger partial charge in [0.1, 0.15) is 5.75 Å². The molecule has 1 heterocycles. The fourth-order valence-corrected chi connectivity index (χ4v) is 4.03. The predicted molar refractivity (Wildman–Crippen MR) is 131 cm³/mol. The van der Waals surface area contributed by atoms with E-state index < -0.39 is 16.1 Å². The molecule has 34 heavy (non-hydrogen) atoms. The summed E-state index contributed by atoms with van der Waals surface area (Å²) in [5.74, 6) is -0.250. The average Bonchev–Trinajstić information content (AvgIpc) is 3.34. The molecule has 9 nitrogen and oxygen atoms in total. The van der Waals surface area contributed by atoms with Crippen LogP contribution in [0.2, 0.25) is 0 Å². The van der Waals surface area contributed by atoms with E-state index in [1.54, 1.807) is 48.5 Å². The van der Waals surface area contributed by atoms with Crippen LogP contribution in [0.15, 0.2) is 48.5 Å². The van der Waals surface area contributed by atoms with Crippen LogP contribution >= 0.6 is 0 Å². The van der Waals surface area contributed by atoms with Gasteiger partial charge in [-0.1, -0.05) is 19.1 Å². The van der Waals surface area contributed by atoms with Crippen LogP contribution in [0, 0.1) is 0 Å². The Hall–Kier alpha value is -3.11. The third-order valence-corrected chi connectivity index (χ3v) is 6.79. The molecule has 2 aromatic carbocycles. The molecule has 0 spiro atoms. The van der Waals surface area contributed by atoms with Crippen molar-refractivity contribution in [1.29, 1.82) is 0 Å². The molecule has 2 N–H and O–H groups in total. The maximum absolute atomic E-state index is 12.9. The van der Waals surface area contributed by atoms with Crippen LogP contribution < -0.4 is 19.7 Å². The summed E-state index contributed by atoms with van der Waals surface area (Å²) in [4.78, 5) is 25.6. The summed E-state index contributed by atoms with van der Waals surface area (Å²) < 4.78 is 35.9. The summed E-state index contributed by atoms with van der Waals surface area (Å²) in [5.41, 5.74) is 1.23. The Morgan fingerprint density at radius 2 is 1.88 bits per heavy atom. The number of hydrogen-bond acceptors (Lipinski definition) is 6. The summed E-state index contributed by atoms with van der Waals surface area (Å²) in [6.45, 7) is 2.95. The van der Waals surface area contributed by atoms with E-state index in [9.17, 15) is 18.0 Å². The molecule has 1 aliphatic rings. The highest BCUT2D eigenvalue weighted by molar-refractivity contribution is 7.92. The second-order valence-electron chi connectivity index (χ2n) is 8.12. The van der Waals surface area contributed by atoms with Crippen LogP contribution in [0.3, 0.4) is 0 Å². The molecule has 10 heteroatoms. The number of carbonyl (C=O) groups excluding carboxylic acids is 2. The van der Waals surface area contributed by atoms with Crippen molar-refractivity contribution in [3.8, 4) is 5.75 Å². The maximum atomic E-state index is 12.9. The third-order valence-electron chi connectivity index (χ3n) is 5.58. The first-order valence-corrected chi connectivity index (χ1v) is 13.0. The number of hydrogen-bond donors (Lipinski definition) is 2. The largest absolute Gasteiger partial charge is 0.481 e. The molecular formula is C24H31N3O6S. The van der Waals surface area contributed by atoms with Crippen molar-refractivity contribution >= 4 is 33.2 Å². The molecule has 2 atom stereocenters. The molecule has 0 saturated carbocycles. The second kappa shape index (κ2) is 11.3. The van der Waals surface area contributed by atoms with Gasteiger partial charge in [-0.15, -0.1) is 0 Å². The van der Waals surface area contributed by atoms with Gasteiger partial charge < -0.3 is 20.1 Å². The minimum Gasteiger partial charge on any atom is -0.481 e. The van der Waals surface area contributed by atoms with Gasteiger partial charge in [-0.25, -0.2) is 8.42 Å². The molecule has 0 bridgehead atoms. The topological polar surface area (TPSA) is 114 Å².